The topological polar surface area (TPSA) is 32.3 Å². The summed E-state index contributed by atoms with van der Waals surface area (Å²) >= 11 is 2.01. The lowest BCUT2D eigenvalue weighted by atomic mass is 10.1. The lowest BCUT2D eigenvalue weighted by Gasteiger charge is -2.27. The van der Waals surface area contributed by atoms with Gasteiger partial charge in [-0.2, -0.15) is 11.8 Å². The summed E-state index contributed by atoms with van der Waals surface area (Å²) in [6, 6.07) is 10.2. The summed E-state index contributed by atoms with van der Waals surface area (Å²) in [5.74, 6) is 3.34. The SMILES string of the molecule is CC1NC(c2ccccc2)N(CC2CCSC2)C1=O. The van der Waals surface area contributed by atoms with E-state index in [2.05, 4.69) is 17.4 Å². The average Bonchev–Trinajstić information content (AvgIpc) is 3.04. The van der Waals surface area contributed by atoms with Crippen molar-refractivity contribution in [2.24, 2.45) is 5.92 Å². The third-order valence-corrected chi connectivity index (χ3v) is 5.20. The van der Waals surface area contributed by atoms with Gasteiger partial charge in [-0.25, -0.2) is 0 Å². The molecule has 3 nitrogen and oxygen atoms in total. The van der Waals surface area contributed by atoms with E-state index < -0.39 is 0 Å². The average molecular weight is 276 g/mol. The summed E-state index contributed by atoms with van der Waals surface area (Å²) in [5, 5.41) is 3.41. The molecular weight excluding hydrogens is 256 g/mol. The van der Waals surface area contributed by atoms with Crippen LogP contribution in [0, 0.1) is 5.92 Å². The van der Waals surface area contributed by atoms with Crippen LogP contribution in [0.1, 0.15) is 25.1 Å². The van der Waals surface area contributed by atoms with Gasteiger partial charge in [-0.15, -0.1) is 0 Å². The summed E-state index contributed by atoms with van der Waals surface area (Å²) in [7, 11) is 0. The van der Waals surface area contributed by atoms with E-state index in [9.17, 15) is 4.79 Å². The highest BCUT2D eigenvalue weighted by molar-refractivity contribution is 7.99. The molecule has 4 heteroatoms. The molecule has 19 heavy (non-hydrogen) atoms. The molecule has 2 aliphatic rings. The van der Waals surface area contributed by atoms with E-state index in [-0.39, 0.29) is 18.1 Å². The molecule has 102 valence electrons. The van der Waals surface area contributed by atoms with E-state index in [1.165, 1.54) is 23.5 Å². The third-order valence-electron chi connectivity index (χ3n) is 3.97. The Kier molecular flexibility index (Phi) is 3.80. The highest BCUT2D eigenvalue weighted by atomic mass is 32.2. The normalized spacial score (nSPS) is 31.1. The molecule has 1 amide bonds. The Morgan fingerprint density at radius 1 is 1.37 bits per heavy atom. The van der Waals surface area contributed by atoms with Gasteiger partial charge in [0, 0.05) is 6.54 Å². The van der Waals surface area contributed by atoms with Gasteiger partial charge in [0.25, 0.3) is 0 Å². The van der Waals surface area contributed by atoms with E-state index in [1.807, 2.05) is 41.8 Å². The molecule has 0 saturated carbocycles. The fraction of sp³-hybridized carbons (Fsp3) is 0.533. The summed E-state index contributed by atoms with van der Waals surface area (Å²) in [4.78, 5) is 14.4. The first-order valence-electron chi connectivity index (χ1n) is 6.95. The Morgan fingerprint density at radius 3 is 2.84 bits per heavy atom. The van der Waals surface area contributed by atoms with Gasteiger partial charge in [0.15, 0.2) is 0 Å². The van der Waals surface area contributed by atoms with Gasteiger partial charge >= 0.3 is 0 Å². The molecule has 3 unspecified atom stereocenters. The Balaban J connectivity index is 1.79. The summed E-state index contributed by atoms with van der Waals surface area (Å²) in [5.41, 5.74) is 1.19. The zero-order chi connectivity index (χ0) is 13.2. The third kappa shape index (κ3) is 2.65. The van der Waals surface area contributed by atoms with E-state index in [4.69, 9.17) is 0 Å². The first-order valence-corrected chi connectivity index (χ1v) is 8.10. The van der Waals surface area contributed by atoms with Gasteiger partial charge < -0.3 is 4.90 Å². The smallest absolute Gasteiger partial charge is 0.241 e. The number of thioether (sulfide) groups is 1. The van der Waals surface area contributed by atoms with Crippen LogP contribution in [0.3, 0.4) is 0 Å². The number of rotatable bonds is 3. The van der Waals surface area contributed by atoms with Crippen molar-refractivity contribution in [3.05, 3.63) is 35.9 Å². The Morgan fingerprint density at radius 2 is 2.16 bits per heavy atom. The number of hydrogen-bond donors (Lipinski definition) is 1. The first-order chi connectivity index (χ1) is 9.25. The van der Waals surface area contributed by atoms with Gasteiger partial charge in [0.05, 0.1) is 6.04 Å². The standard InChI is InChI=1S/C15H20N2OS/c1-11-15(18)17(9-12-7-8-19-10-12)14(16-11)13-5-3-2-4-6-13/h2-6,11-12,14,16H,7-10H2,1H3. The molecule has 0 radical (unpaired) electrons. The van der Waals surface area contributed by atoms with Crippen LogP contribution < -0.4 is 5.32 Å². The Hall–Kier alpha value is -1.00. The van der Waals surface area contributed by atoms with Gasteiger partial charge in [-0.05, 0) is 36.3 Å². The van der Waals surface area contributed by atoms with Crippen LogP contribution in [0.25, 0.3) is 0 Å². The fourth-order valence-corrected chi connectivity index (χ4v) is 4.16. The molecule has 3 atom stereocenters. The molecule has 3 rings (SSSR count). The molecule has 0 aliphatic carbocycles. The zero-order valence-electron chi connectivity index (χ0n) is 11.2. The predicted molar refractivity (Wildman–Crippen MR) is 78.9 cm³/mol. The molecule has 1 aromatic carbocycles. The Bertz CT molecular complexity index is 445. The van der Waals surface area contributed by atoms with E-state index in [1.54, 1.807) is 0 Å². The summed E-state index contributed by atoms with van der Waals surface area (Å²) in [6.45, 7) is 2.85. The zero-order valence-corrected chi connectivity index (χ0v) is 12.0. The fourth-order valence-electron chi connectivity index (χ4n) is 2.89. The Labute approximate surface area is 118 Å². The van der Waals surface area contributed by atoms with Crippen molar-refractivity contribution in [2.45, 2.75) is 25.6 Å². The first kappa shape index (κ1) is 13.0. The van der Waals surface area contributed by atoms with Crippen molar-refractivity contribution in [1.82, 2.24) is 10.2 Å². The minimum Gasteiger partial charge on any atom is -0.321 e. The predicted octanol–water partition coefficient (Wildman–Crippen LogP) is 2.26. The van der Waals surface area contributed by atoms with Crippen molar-refractivity contribution < 1.29 is 4.79 Å². The quantitative estimate of drug-likeness (QED) is 0.919. The van der Waals surface area contributed by atoms with Gasteiger partial charge in [-0.1, -0.05) is 30.3 Å². The van der Waals surface area contributed by atoms with E-state index >= 15 is 0 Å². The minimum absolute atomic E-state index is 0.0503. The molecule has 0 spiro atoms. The molecule has 0 aromatic heterocycles. The number of carbonyl (C=O) groups is 1. The second-order valence-electron chi connectivity index (χ2n) is 5.42. The maximum atomic E-state index is 12.3. The second kappa shape index (κ2) is 5.55. The lowest BCUT2D eigenvalue weighted by molar-refractivity contribution is -0.130. The monoisotopic (exact) mass is 276 g/mol. The number of nitrogens with one attached hydrogen (secondary N) is 1. The van der Waals surface area contributed by atoms with Gasteiger partial charge in [-0.3, -0.25) is 10.1 Å². The largest absolute Gasteiger partial charge is 0.321 e. The highest BCUT2D eigenvalue weighted by Crippen LogP contribution is 2.30. The lowest BCUT2D eigenvalue weighted by Crippen LogP contribution is -2.35. The molecule has 1 aromatic rings. The van der Waals surface area contributed by atoms with Crippen LogP contribution in [0.4, 0.5) is 0 Å². The van der Waals surface area contributed by atoms with Gasteiger partial charge in [0.2, 0.25) is 5.91 Å². The van der Waals surface area contributed by atoms with Crippen LogP contribution in [0.5, 0.6) is 0 Å². The number of hydrogen-bond acceptors (Lipinski definition) is 3. The van der Waals surface area contributed by atoms with Crippen LogP contribution >= 0.6 is 11.8 Å². The van der Waals surface area contributed by atoms with Gasteiger partial charge in [0.1, 0.15) is 6.17 Å². The molecule has 2 fully saturated rings. The number of benzene rings is 1. The maximum absolute atomic E-state index is 12.3. The van der Waals surface area contributed by atoms with Crippen molar-refractivity contribution >= 4 is 17.7 Å². The minimum atomic E-state index is -0.0701. The highest BCUT2D eigenvalue weighted by Gasteiger charge is 2.38. The molecule has 0 bridgehead atoms. The van der Waals surface area contributed by atoms with E-state index in [0.29, 0.717) is 5.92 Å². The molecule has 2 aliphatic heterocycles. The van der Waals surface area contributed by atoms with Crippen molar-refractivity contribution in [1.29, 1.82) is 0 Å². The summed E-state index contributed by atoms with van der Waals surface area (Å²) in [6.07, 6.45) is 1.29. The van der Waals surface area contributed by atoms with Crippen LogP contribution in [-0.4, -0.2) is 34.9 Å². The molecule has 1 N–H and O–H groups in total. The van der Waals surface area contributed by atoms with Crippen LogP contribution in [-0.2, 0) is 4.79 Å². The number of nitrogens with zero attached hydrogens (tertiary/aromatic N) is 1. The number of amides is 1. The molecular formula is C15H20N2OS. The molecule has 2 heterocycles. The van der Waals surface area contributed by atoms with Crippen molar-refractivity contribution in [3.63, 3.8) is 0 Å². The van der Waals surface area contributed by atoms with Crippen LogP contribution in [0.2, 0.25) is 0 Å². The van der Waals surface area contributed by atoms with Crippen LogP contribution in [0.15, 0.2) is 30.3 Å². The van der Waals surface area contributed by atoms with E-state index in [0.717, 1.165) is 6.54 Å². The maximum Gasteiger partial charge on any atom is 0.241 e. The second-order valence-corrected chi connectivity index (χ2v) is 6.57. The van der Waals surface area contributed by atoms with Crippen molar-refractivity contribution in [3.8, 4) is 0 Å². The number of carbonyl (C=O) groups excluding carboxylic acids is 1. The summed E-state index contributed by atoms with van der Waals surface area (Å²) < 4.78 is 0. The van der Waals surface area contributed by atoms with Crippen molar-refractivity contribution in [2.75, 3.05) is 18.1 Å². The molecule has 2 saturated heterocycles.